The highest BCUT2D eigenvalue weighted by molar-refractivity contribution is 5.19. The lowest BCUT2D eigenvalue weighted by Crippen LogP contribution is -2.34. The molecule has 3 N–H and O–H groups in total. The van der Waals surface area contributed by atoms with Gasteiger partial charge in [-0.3, -0.25) is 0 Å². The summed E-state index contributed by atoms with van der Waals surface area (Å²) in [5.74, 6) is 1.37. The Labute approximate surface area is 92.5 Å². The second kappa shape index (κ2) is 4.35. The van der Waals surface area contributed by atoms with E-state index in [2.05, 4.69) is 37.7 Å². The molecule has 0 aliphatic rings. The van der Waals surface area contributed by atoms with Gasteiger partial charge in [0.15, 0.2) is 0 Å². The lowest BCUT2D eigenvalue weighted by atomic mass is 9.97. The van der Waals surface area contributed by atoms with Crippen molar-refractivity contribution in [1.82, 2.24) is 9.97 Å². The van der Waals surface area contributed by atoms with Crippen LogP contribution in [0.5, 0.6) is 0 Å². The van der Waals surface area contributed by atoms with Gasteiger partial charge >= 0.3 is 0 Å². The molecule has 1 aromatic rings. The van der Waals surface area contributed by atoms with Gasteiger partial charge in [-0.05, 0) is 26.2 Å². The highest BCUT2D eigenvalue weighted by Gasteiger charge is 2.25. The topological polar surface area (TPSA) is 54.7 Å². The maximum atomic E-state index is 6.24. The zero-order valence-corrected chi connectivity index (χ0v) is 10.5. The summed E-state index contributed by atoms with van der Waals surface area (Å²) < 4.78 is 0. The second-order valence-corrected chi connectivity index (χ2v) is 4.92. The molecular weight excluding hydrogens is 186 g/mol. The predicted octanol–water partition coefficient (Wildman–Crippen LogP) is 2.82. The van der Waals surface area contributed by atoms with Crippen LogP contribution in [0.2, 0.25) is 0 Å². The zero-order valence-electron chi connectivity index (χ0n) is 10.5. The molecule has 15 heavy (non-hydrogen) atoms. The predicted molar refractivity (Wildman–Crippen MR) is 63.9 cm³/mol. The van der Waals surface area contributed by atoms with E-state index in [0.29, 0.717) is 5.92 Å². The second-order valence-electron chi connectivity index (χ2n) is 4.92. The fraction of sp³-hybridized carbons (Fsp3) is 0.750. The molecule has 0 aromatic carbocycles. The Morgan fingerprint density at radius 3 is 2.47 bits per heavy atom. The van der Waals surface area contributed by atoms with Crippen LogP contribution in [0, 0.1) is 6.92 Å². The SMILES string of the molecule is CCCC(C)(N)c1nc(C(C)C)c(C)[nH]1. The third kappa shape index (κ3) is 2.59. The van der Waals surface area contributed by atoms with E-state index in [-0.39, 0.29) is 5.54 Å². The molecule has 0 radical (unpaired) electrons. The smallest absolute Gasteiger partial charge is 0.126 e. The number of aromatic nitrogens is 2. The maximum Gasteiger partial charge on any atom is 0.126 e. The molecule has 0 aliphatic heterocycles. The molecule has 1 unspecified atom stereocenters. The average molecular weight is 209 g/mol. The summed E-state index contributed by atoms with van der Waals surface area (Å²) in [6, 6.07) is 0. The molecular formula is C12H23N3. The summed E-state index contributed by atoms with van der Waals surface area (Å²) in [7, 11) is 0. The Kier molecular flexibility index (Phi) is 3.55. The number of hydrogen-bond acceptors (Lipinski definition) is 2. The molecule has 1 rings (SSSR count). The first-order valence-corrected chi connectivity index (χ1v) is 5.74. The number of nitrogens with one attached hydrogen (secondary N) is 1. The lowest BCUT2D eigenvalue weighted by molar-refractivity contribution is 0.422. The van der Waals surface area contributed by atoms with Crippen LogP contribution in [0.1, 0.15) is 63.7 Å². The molecule has 0 amide bonds. The molecule has 3 nitrogen and oxygen atoms in total. The quantitative estimate of drug-likeness (QED) is 0.801. The third-order valence-electron chi connectivity index (χ3n) is 2.78. The molecule has 0 aliphatic carbocycles. The average Bonchev–Trinajstić information content (AvgIpc) is 2.47. The number of aromatic amines is 1. The van der Waals surface area contributed by atoms with E-state index >= 15 is 0 Å². The Bertz CT molecular complexity index is 324. The van der Waals surface area contributed by atoms with E-state index in [4.69, 9.17) is 5.73 Å². The number of H-pyrrole nitrogens is 1. The molecule has 1 aromatic heterocycles. The van der Waals surface area contributed by atoms with Crippen molar-refractivity contribution in [2.75, 3.05) is 0 Å². The molecule has 3 heteroatoms. The summed E-state index contributed by atoms with van der Waals surface area (Å²) in [4.78, 5) is 7.93. The van der Waals surface area contributed by atoms with Gasteiger partial charge in [-0.15, -0.1) is 0 Å². The van der Waals surface area contributed by atoms with Crippen LogP contribution in [0.25, 0.3) is 0 Å². The van der Waals surface area contributed by atoms with Gasteiger partial charge in [-0.25, -0.2) is 4.98 Å². The van der Waals surface area contributed by atoms with Gasteiger partial charge in [-0.1, -0.05) is 27.2 Å². The number of hydrogen-bond donors (Lipinski definition) is 2. The molecule has 0 bridgehead atoms. The zero-order chi connectivity index (χ0) is 11.6. The molecule has 1 atom stereocenters. The van der Waals surface area contributed by atoms with E-state index in [1.807, 2.05) is 6.92 Å². The summed E-state index contributed by atoms with van der Waals surface area (Å²) in [5, 5.41) is 0. The van der Waals surface area contributed by atoms with Crippen molar-refractivity contribution in [2.45, 2.75) is 58.9 Å². The van der Waals surface area contributed by atoms with Crippen molar-refractivity contribution in [3.05, 3.63) is 17.2 Å². The van der Waals surface area contributed by atoms with E-state index in [9.17, 15) is 0 Å². The van der Waals surface area contributed by atoms with Crippen molar-refractivity contribution in [1.29, 1.82) is 0 Å². The molecule has 0 saturated heterocycles. The van der Waals surface area contributed by atoms with E-state index in [1.165, 1.54) is 0 Å². The van der Waals surface area contributed by atoms with Crippen LogP contribution in [0.4, 0.5) is 0 Å². The van der Waals surface area contributed by atoms with Gasteiger partial charge in [-0.2, -0.15) is 0 Å². The van der Waals surface area contributed by atoms with E-state index in [1.54, 1.807) is 0 Å². The summed E-state index contributed by atoms with van der Waals surface area (Å²) in [6.45, 7) is 10.6. The van der Waals surface area contributed by atoms with Gasteiger partial charge in [0.2, 0.25) is 0 Å². The van der Waals surface area contributed by atoms with Crippen molar-refractivity contribution in [3.8, 4) is 0 Å². The fourth-order valence-corrected chi connectivity index (χ4v) is 1.94. The maximum absolute atomic E-state index is 6.24. The first-order valence-electron chi connectivity index (χ1n) is 5.74. The van der Waals surface area contributed by atoms with Gasteiger partial charge in [0.05, 0.1) is 11.2 Å². The minimum absolute atomic E-state index is 0.327. The molecule has 0 saturated carbocycles. The van der Waals surface area contributed by atoms with Gasteiger partial charge in [0, 0.05) is 5.69 Å². The van der Waals surface area contributed by atoms with Crippen molar-refractivity contribution in [3.63, 3.8) is 0 Å². The van der Waals surface area contributed by atoms with Crippen LogP contribution in [-0.2, 0) is 5.54 Å². The number of rotatable bonds is 4. The van der Waals surface area contributed by atoms with Gasteiger partial charge < -0.3 is 10.7 Å². The van der Waals surface area contributed by atoms with Crippen molar-refractivity contribution < 1.29 is 0 Å². The normalized spacial score (nSPS) is 15.7. The highest BCUT2D eigenvalue weighted by atomic mass is 15.0. The van der Waals surface area contributed by atoms with Crippen LogP contribution in [-0.4, -0.2) is 9.97 Å². The molecule has 86 valence electrons. The first kappa shape index (κ1) is 12.2. The Hall–Kier alpha value is -0.830. The third-order valence-corrected chi connectivity index (χ3v) is 2.78. The van der Waals surface area contributed by atoms with Crippen LogP contribution in [0.15, 0.2) is 0 Å². The van der Waals surface area contributed by atoms with Gasteiger partial charge in [0.1, 0.15) is 5.82 Å². The summed E-state index contributed by atoms with van der Waals surface area (Å²) >= 11 is 0. The minimum Gasteiger partial charge on any atom is -0.344 e. The van der Waals surface area contributed by atoms with Crippen LogP contribution >= 0.6 is 0 Å². The van der Waals surface area contributed by atoms with Crippen LogP contribution < -0.4 is 5.73 Å². The van der Waals surface area contributed by atoms with Crippen molar-refractivity contribution in [2.24, 2.45) is 5.73 Å². The fourth-order valence-electron chi connectivity index (χ4n) is 1.94. The summed E-state index contributed by atoms with van der Waals surface area (Å²) in [5.41, 5.74) is 8.19. The van der Waals surface area contributed by atoms with Crippen molar-refractivity contribution >= 4 is 0 Å². The largest absolute Gasteiger partial charge is 0.344 e. The molecule has 1 heterocycles. The number of nitrogens with zero attached hydrogens (tertiary/aromatic N) is 1. The molecule has 0 fully saturated rings. The molecule has 0 spiro atoms. The minimum atomic E-state index is -0.327. The standard InChI is InChI=1S/C12H23N3/c1-6-7-12(5,13)11-14-9(4)10(15-11)8(2)3/h8H,6-7,13H2,1-5H3,(H,14,15). The number of nitrogens with two attached hydrogens (primary N) is 1. The van der Waals surface area contributed by atoms with E-state index < -0.39 is 0 Å². The Balaban J connectivity index is 3.01. The Morgan fingerprint density at radius 2 is 2.07 bits per heavy atom. The van der Waals surface area contributed by atoms with E-state index in [0.717, 1.165) is 30.1 Å². The number of aryl methyl sites for hydroxylation is 1. The summed E-state index contributed by atoms with van der Waals surface area (Å²) in [6.07, 6.45) is 2.03. The number of imidazole rings is 1. The highest BCUT2D eigenvalue weighted by Crippen LogP contribution is 2.24. The van der Waals surface area contributed by atoms with Crippen LogP contribution in [0.3, 0.4) is 0 Å². The van der Waals surface area contributed by atoms with Gasteiger partial charge in [0.25, 0.3) is 0 Å². The lowest BCUT2D eigenvalue weighted by Gasteiger charge is -2.21. The first-order chi connectivity index (χ1) is 6.88. The Morgan fingerprint density at radius 1 is 1.47 bits per heavy atom. The monoisotopic (exact) mass is 209 g/mol.